The van der Waals surface area contributed by atoms with Gasteiger partial charge < -0.3 is 4.57 Å². The highest BCUT2D eigenvalue weighted by molar-refractivity contribution is 5.08. The van der Waals surface area contributed by atoms with E-state index in [9.17, 15) is 0 Å². The molecule has 7 nitrogen and oxygen atoms in total. The third kappa shape index (κ3) is 3.77. The van der Waals surface area contributed by atoms with Gasteiger partial charge >= 0.3 is 0 Å². The van der Waals surface area contributed by atoms with Crippen LogP contribution in [0, 0.1) is 6.92 Å². The minimum atomic E-state index is 0.471. The first kappa shape index (κ1) is 16.7. The maximum Gasteiger partial charge on any atom is 0.146 e. The summed E-state index contributed by atoms with van der Waals surface area (Å²) >= 11 is 0. The first-order valence-electron chi connectivity index (χ1n) is 9.53. The highest BCUT2D eigenvalue weighted by Gasteiger charge is 2.27. The molecule has 1 atom stereocenters. The molecule has 2 saturated heterocycles. The van der Waals surface area contributed by atoms with E-state index < -0.39 is 0 Å². The number of H-pyrrole nitrogens is 1. The van der Waals surface area contributed by atoms with Crippen LogP contribution in [-0.4, -0.2) is 60.9 Å². The highest BCUT2D eigenvalue weighted by Crippen LogP contribution is 2.27. The molecular formula is C18H29N7. The molecule has 0 aliphatic carbocycles. The third-order valence-electron chi connectivity index (χ3n) is 5.58. The average molecular weight is 343 g/mol. The number of piperidine rings is 1. The molecule has 0 aromatic carbocycles. The van der Waals surface area contributed by atoms with E-state index in [0.717, 1.165) is 49.2 Å². The zero-order valence-corrected chi connectivity index (χ0v) is 15.4. The van der Waals surface area contributed by atoms with Gasteiger partial charge in [-0.25, -0.2) is 0 Å². The molecule has 2 fully saturated rings. The van der Waals surface area contributed by atoms with Crippen molar-refractivity contribution in [1.29, 1.82) is 0 Å². The molecule has 2 aliphatic heterocycles. The van der Waals surface area contributed by atoms with Crippen LogP contribution in [0.25, 0.3) is 0 Å². The van der Waals surface area contributed by atoms with E-state index in [1.54, 1.807) is 0 Å². The van der Waals surface area contributed by atoms with E-state index in [4.69, 9.17) is 0 Å². The third-order valence-corrected chi connectivity index (χ3v) is 5.58. The fraction of sp³-hybridized carbons (Fsp3) is 0.722. The summed E-state index contributed by atoms with van der Waals surface area (Å²) < 4.78 is 2.24. The van der Waals surface area contributed by atoms with Crippen molar-refractivity contribution in [3.63, 3.8) is 0 Å². The lowest BCUT2D eigenvalue weighted by molar-refractivity contribution is 0.193. The number of aryl methyl sites for hydroxylation is 1. The zero-order chi connectivity index (χ0) is 17.2. The van der Waals surface area contributed by atoms with Gasteiger partial charge in [-0.1, -0.05) is 0 Å². The van der Waals surface area contributed by atoms with Gasteiger partial charge in [-0.15, -0.1) is 10.2 Å². The molecular weight excluding hydrogens is 314 g/mol. The van der Waals surface area contributed by atoms with Crippen LogP contribution in [0.4, 0.5) is 0 Å². The van der Waals surface area contributed by atoms with Gasteiger partial charge in [-0.3, -0.25) is 14.9 Å². The molecule has 4 heterocycles. The zero-order valence-electron chi connectivity index (χ0n) is 15.4. The second-order valence-electron chi connectivity index (χ2n) is 7.63. The fourth-order valence-electron chi connectivity index (χ4n) is 4.20. The largest absolute Gasteiger partial charge is 0.317 e. The van der Waals surface area contributed by atoms with Gasteiger partial charge in [0.1, 0.15) is 11.6 Å². The Morgan fingerprint density at radius 3 is 2.64 bits per heavy atom. The van der Waals surface area contributed by atoms with E-state index in [0.29, 0.717) is 5.92 Å². The fourth-order valence-corrected chi connectivity index (χ4v) is 4.20. The molecule has 0 amide bonds. The Bertz CT molecular complexity index is 698. The monoisotopic (exact) mass is 343 g/mol. The molecule has 0 saturated carbocycles. The summed E-state index contributed by atoms with van der Waals surface area (Å²) in [4.78, 5) is 4.99. The van der Waals surface area contributed by atoms with Gasteiger partial charge in [0.25, 0.3) is 0 Å². The lowest BCUT2D eigenvalue weighted by Gasteiger charge is -2.31. The second kappa shape index (κ2) is 7.25. The minimum absolute atomic E-state index is 0.471. The van der Waals surface area contributed by atoms with E-state index in [2.05, 4.69) is 54.8 Å². The van der Waals surface area contributed by atoms with Crippen molar-refractivity contribution in [1.82, 2.24) is 34.8 Å². The number of aromatic amines is 1. The van der Waals surface area contributed by atoms with Crippen LogP contribution in [0.15, 0.2) is 6.07 Å². The number of likely N-dealkylation sites (tertiary alicyclic amines) is 2. The number of nitrogens with one attached hydrogen (secondary N) is 1. The Morgan fingerprint density at radius 2 is 1.88 bits per heavy atom. The summed E-state index contributed by atoms with van der Waals surface area (Å²) in [5.41, 5.74) is 2.26. The SMILES string of the molecule is Cc1cc(CN2CCCC(c3nnc(CN4CCCC4)n3C)C2)n[nH]1. The van der Waals surface area contributed by atoms with Crippen molar-refractivity contribution in [2.45, 2.75) is 51.6 Å². The molecule has 2 aromatic rings. The normalized spacial score (nSPS) is 22.7. The van der Waals surface area contributed by atoms with Crippen molar-refractivity contribution < 1.29 is 0 Å². The van der Waals surface area contributed by atoms with Crippen molar-refractivity contribution in [2.24, 2.45) is 7.05 Å². The van der Waals surface area contributed by atoms with Crippen molar-refractivity contribution in [2.75, 3.05) is 26.2 Å². The van der Waals surface area contributed by atoms with Crippen LogP contribution in [0.3, 0.4) is 0 Å². The average Bonchev–Trinajstić information content (AvgIpc) is 3.33. The molecule has 136 valence electrons. The predicted molar refractivity (Wildman–Crippen MR) is 96.1 cm³/mol. The molecule has 1 unspecified atom stereocenters. The standard InChI is InChI=1S/C18H29N7/c1-14-10-16(20-19-14)12-25-9-5-6-15(11-25)18-22-21-17(23(18)2)13-24-7-3-4-8-24/h10,15H,3-9,11-13H2,1-2H3,(H,19,20). The van der Waals surface area contributed by atoms with E-state index in [1.165, 1.54) is 38.8 Å². The lowest BCUT2D eigenvalue weighted by atomic mass is 9.97. The van der Waals surface area contributed by atoms with Gasteiger partial charge in [0.2, 0.25) is 0 Å². The van der Waals surface area contributed by atoms with Gasteiger partial charge in [-0.05, 0) is 58.3 Å². The van der Waals surface area contributed by atoms with Crippen LogP contribution in [0.5, 0.6) is 0 Å². The number of hydrogen-bond acceptors (Lipinski definition) is 5. The van der Waals surface area contributed by atoms with Crippen molar-refractivity contribution in [3.05, 3.63) is 29.1 Å². The van der Waals surface area contributed by atoms with Gasteiger partial charge in [0, 0.05) is 31.7 Å². The van der Waals surface area contributed by atoms with Crippen LogP contribution in [0.2, 0.25) is 0 Å². The summed E-state index contributed by atoms with van der Waals surface area (Å²) in [6.07, 6.45) is 5.04. The molecule has 0 radical (unpaired) electrons. The summed E-state index contributed by atoms with van der Waals surface area (Å²) in [5.74, 6) is 2.73. The second-order valence-corrected chi connectivity index (χ2v) is 7.63. The van der Waals surface area contributed by atoms with E-state index >= 15 is 0 Å². The molecule has 4 rings (SSSR count). The Hall–Kier alpha value is -1.73. The van der Waals surface area contributed by atoms with Crippen molar-refractivity contribution in [3.8, 4) is 0 Å². The smallest absolute Gasteiger partial charge is 0.146 e. The topological polar surface area (TPSA) is 65.9 Å². The first-order valence-corrected chi connectivity index (χ1v) is 9.53. The molecule has 2 aliphatic rings. The Kier molecular flexibility index (Phi) is 4.85. The Balaban J connectivity index is 1.41. The summed E-state index contributed by atoms with van der Waals surface area (Å²) in [6, 6.07) is 2.14. The van der Waals surface area contributed by atoms with Gasteiger partial charge in [-0.2, -0.15) is 5.10 Å². The predicted octanol–water partition coefficient (Wildman–Crippen LogP) is 1.82. The molecule has 25 heavy (non-hydrogen) atoms. The summed E-state index contributed by atoms with van der Waals surface area (Å²) in [7, 11) is 2.14. The minimum Gasteiger partial charge on any atom is -0.317 e. The molecule has 7 heteroatoms. The van der Waals surface area contributed by atoms with Crippen molar-refractivity contribution >= 4 is 0 Å². The van der Waals surface area contributed by atoms with E-state index in [-0.39, 0.29) is 0 Å². The molecule has 0 spiro atoms. The maximum absolute atomic E-state index is 4.56. The maximum atomic E-state index is 4.56. The summed E-state index contributed by atoms with van der Waals surface area (Å²) in [5, 5.41) is 16.5. The number of hydrogen-bond donors (Lipinski definition) is 1. The quantitative estimate of drug-likeness (QED) is 0.897. The molecule has 1 N–H and O–H groups in total. The van der Waals surface area contributed by atoms with E-state index in [1.807, 2.05) is 0 Å². The van der Waals surface area contributed by atoms with Crippen LogP contribution < -0.4 is 0 Å². The Morgan fingerprint density at radius 1 is 1.08 bits per heavy atom. The molecule has 0 bridgehead atoms. The highest BCUT2D eigenvalue weighted by atomic mass is 15.3. The number of nitrogens with zero attached hydrogens (tertiary/aromatic N) is 6. The Labute approximate surface area is 149 Å². The van der Waals surface area contributed by atoms with Crippen LogP contribution in [0.1, 0.15) is 54.6 Å². The summed E-state index contributed by atoms with van der Waals surface area (Å²) in [6.45, 7) is 8.48. The number of aromatic nitrogens is 5. The first-order chi connectivity index (χ1) is 12.2. The van der Waals surface area contributed by atoms with Gasteiger partial charge in [0.15, 0.2) is 0 Å². The number of rotatable bonds is 5. The lowest BCUT2D eigenvalue weighted by Crippen LogP contribution is -2.35. The van der Waals surface area contributed by atoms with Gasteiger partial charge in [0.05, 0.1) is 12.2 Å². The molecule has 2 aromatic heterocycles. The van der Waals surface area contributed by atoms with Crippen LogP contribution in [-0.2, 0) is 20.1 Å². The van der Waals surface area contributed by atoms with Crippen LogP contribution >= 0.6 is 0 Å².